The Labute approximate surface area is 177 Å². The second-order valence-electron chi connectivity index (χ2n) is 7.44. The molecule has 1 aromatic carbocycles. The van der Waals surface area contributed by atoms with E-state index in [2.05, 4.69) is 25.8 Å². The molecule has 0 saturated carbocycles. The number of pyridine rings is 1. The molecular formula is C20H20BrCl2N3O. The highest BCUT2D eigenvalue weighted by atomic mass is 79.9. The van der Waals surface area contributed by atoms with Crippen LogP contribution in [-0.4, -0.2) is 42.0 Å². The molecule has 4 nitrogen and oxygen atoms in total. The van der Waals surface area contributed by atoms with Crippen LogP contribution in [0.3, 0.4) is 0 Å². The molecule has 0 bridgehead atoms. The number of rotatable bonds is 2. The fourth-order valence-corrected chi connectivity index (χ4v) is 5.24. The molecular weight excluding hydrogens is 449 g/mol. The third-order valence-electron chi connectivity index (χ3n) is 5.58. The minimum Gasteiger partial charge on any atom is -0.355 e. The van der Waals surface area contributed by atoms with Crippen LogP contribution >= 0.6 is 39.1 Å². The number of hydrogen-bond donors (Lipinski definition) is 0. The number of hydrogen-bond acceptors (Lipinski definition) is 3. The lowest BCUT2D eigenvalue weighted by Crippen LogP contribution is -2.45. The van der Waals surface area contributed by atoms with E-state index < -0.39 is 0 Å². The van der Waals surface area contributed by atoms with E-state index >= 15 is 0 Å². The van der Waals surface area contributed by atoms with Crippen molar-refractivity contribution in [2.75, 3.05) is 31.1 Å². The number of anilines is 1. The Morgan fingerprint density at radius 3 is 2.70 bits per heavy atom. The van der Waals surface area contributed by atoms with Crippen molar-refractivity contribution in [1.29, 1.82) is 0 Å². The van der Waals surface area contributed by atoms with Crippen LogP contribution in [0.4, 0.5) is 5.82 Å². The van der Waals surface area contributed by atoms with Crippen LogP contribution in [0.5, 0.6) is 0 Å². The number of aromatic nitrogens is 1. The second-order valence-corrected chi connectivity index (χ2v) is 9.17. The van der Waals surface area contributed by atoms with Crippen LogP contribution in [0, 0.1) is 5.41 Å². The van der Waals surface area contributed by atoms with Crippen molar-refractivity contribution in [2.24, 2.45) is 5.41 Å². The van der Waals surface area contributed by atoms with Crippen LogP contribution in [0.2, 0.25) is 10.0 Å². The van der Waals surface area contributed by atoms with Gasteiger partial charge < -0.3 is 9.80 Å². The number of carbonyl (C=O) groups is 1. The van der Waals surface area contributed by atoms with Crippen LogP contribution in [-0.2, 0) is 0 Å². The van der Waals surface area contributed by atoms with Crippen molar-refractivity contribution in [3.63, 3.8) is 0 Å². The molecule has 2 saturated heterocycles. The Bertz CT molecular complexity index is 878. The van der Waals surface area contributed by atoms with Gasteiger partial charge in [0.25, 0.3) is 5.91 Å². The topological polar surface area (TPSA) is 36.4 Å². The lowest BCUT2D eigenvalue weighted by atomic mass is 9.79. The van der Waals surface area contributed by atoms with Crippen molar-refractivity contribution in [2.45, 2.75) is 19.3 Å². The van der Waals surface area contributed by atoms with Gasteiger partial charge >= 0.3 is 0 Å². The van der Waals surface area contributed by atoms with Gasteiger partial charge in [-0.2, -0.15) is 0 Å². The molecule has 1 aromatic heterocycles. The predicted molar refractivity (Wildman–Crippen MR) is 113 cm³/mol. The lowest BCUT2D eigenvalue weighted by molar-refractivity contribution is 0.0767. The summed E-state index contributed by atoms with van der Waals surface area (Å²) in [5, 5.41) is 1.17. The molecule has 7 heteroatoms. The summed E-state index contributed by atoms with van der Waals surface area (Å²) < 4.78 is 0.875. The first-order chi connectivity index (χ1) is 13.0. The first-order valence-corrected chi connectivity index (χ1v) is 10.6. The Morgan fingerprint density at radius 2 is 1.93 bits per heavy atom. The van der Waals surface area contributed by atoms with Crippen molar-refractivity contribution in [1.82, 2.24) is 9.88 Å². The van der Waals surface area contributed by atoms with Gasteiger partial charge in [0, 0.05) is 42.3 Å². The molecule has 142 valence electrons. The molecule has 1 atom stereocenters. The minimum atomic E-state index is 0.0226. The van der Waals surface area contributed by atoms with Crippen LogP contribution < -0.4 is 4.90 Å². The summed E-state index contributed by atoms with van der Waals surface area (Å²) in [6, 6.07) is 9.15. The Balaban J connectivity index is 1.51. The molecule has 1 unspecified atom stereocenters. The number of nitrogens with zero attached hydrogens (tertiary/aromatic N) is 3. The number of likely N-dealkylation sites (tertiary alicyclic amines) is 1. The maximum absolute atomic E-state index is 12.9. The number of piperidine rings is 1. The number of amides is 1. The normalized spacial score (nSPS) is 22.5. The van der Waals surface area contributed by atoms with E-state index in [1.54, 1.807) is 18.3 Å². The molecule has 1 spiro atoms. The van der Waals surface area contributed by atoms with E-state index in [4.69, 9.17) is 23.2 Å². The number of carbonyl (C=O) groups excluding carboxylic acids is 1. The average Bonchev–Trinajstić information content (AvgIpc) is 3.05. The van der Waals surface area contributed by atoms with Gasteiger partial charge in [-0.1, -0.05) is 35.3 Å². The van der Waals surface area contributed by atoms with Crippen LogP contribution in [0.15, 0.2) is 41.0 Å². The van der Waals surface area contributed by atoms with Gasteiger partial charge in [0.1, 0.15) is 5.82 Å². The van der Waals surface area contributed by atoms with E-state index in [-0.39, 0.29) is 11.3 Å². The predicted octanol–water partition coefficient (Wildman–Crippen LogP) is 5.28. The van der Waals surface area contributed by atoms with Crippen molar-refractivity contribution in [3.05, 3.63) is 56.6 Å². The monoisotopic (exact) mass is 467 g/mol. The summed E-state index contributed by atoms with van der Waals surface area (Å²) in [5.41, 5.74) is 0.675. The summed E-state index contributed by atoms with van der Waals surface area (Å²) in [7, 11) is 0. The molecule has 2 aliphatic heterocycles. The minimum absolute atomic E-state index is 0.0226. The zero-order chi connectivity index (χ0) is 19.0. The molecule has 4 rings (SSSR count). The summed E-state index contributed by atoms with van der Waals surface area (Å²) in [6.45, 7) is 3.32. The van der Waals surface area contributed by atoms with Crippen molar-refractivity contribution < 1.29 is 4.79 Å². The first-order valence-electron chi connectivity index (χ1n) is 9.07. The highest BCUT2D eigenvalue weighted by molar-refractivity contribution is 9.10. The highest BCUT2D eigenvalue weighted by Crippen LogP contribution is 2.41. The molecule has 2 fully saturated rings. The molecule has 1 amide bonds. The second kappa shape index (κ2) is 7.61. The quantitative estimate of drug-likeness (QED) is 0.601. The largest absolute Gasteiger partial charge is 0.355 e. The Hall–Kier alpha value is -1.30. The zero-order valence-electron chi connectivity index (χ0n) is 14.8. The van der Waals surface area contributed by atoms with E-state index in [0.29, 0.717) is 15.6 Å². The number of halogens is 3. The lowest BCUT2D eigenvalue weighted by Gasteiger charge is -2.41. The van der Waals surface area contributed by atoms with Gasteiger partial charge in [0.15, 0.2) is 0 Å². The third-order valence-corrected chi connectivity index (χ3v) is 6.62. The zero-order valence-corrected chi connectivity index (χ0v) is 17.9. The van der Waals surface area contributed by atoms with Gasteiger partial charge in [-0.15, -0.1) is 0 Å². The molecule has 0 aliphatic carbocycles. The van der Waals surface area contributed by atoms with E-state index in [9.17, 15) is 4.79 Å². The van der Waals surface area contributed by atoms with Gasteiger partial charge in [-0.05, 0) is 53.4 Å². The van der Waals surface area contributed by atoms with E-state index in [1.807, 2.05) is 23.1 Å². The summed E-state index contributed by atoms with van der Waals surface area (Å²) in [4.78, 5) is 21.7. The van der Waals surface area contributed by atoms with E-state index in [0.717, 1.165) is 55.7 Å². The molecule has 27 heavy (non-hydrogen) atoms. The maximum Gasteiger partial charge on any atom is 0.255 e. The average molecular weight is 469 g/mol. The molecule has 2 aromatic rings. The van der Waals surface area contributed by atoms with Crippen molar-refractivity contribution >= 4 is 50.9 Å². The Kier molecular flexibility index (Phi) is 5.36. The van der Waals surface area contributed by atoms with Crippen molar-refractivity contribution in [3.8, 4) is 0 Å². The fourth-order valence-electron chi connectivity index (χ4n) is 4.28. The van der Waals surface area contributed by atoms with Gasteiger partial charge in [0.05, 0.1) is 15.6 Å². The SMILES string of the molecule is O=C(c1ccccc1Cl)N1CCC2(CCCN(c3ncc(Br)cc3Cl)C2)C1. The summed E-state index contributed by atoms with van der Waals surface area (Å²) in [5.74, 6) is 0.851. The molecule has 3 heterocycles. The Morgan fingerprint density at radius 1 is 1.11 bits per heavy atom. The molecule has 0 radical (unpaired) electrons. The first kappa shape index (κ1) is 19.0. The van der Waals surface area contributed by atoms with E-state index in [1.165, 1.54) is 0 Å². The standard InChI is InChI=1S/C20H20BrCl2N3O/c21-14-10-17(23)18(24-11-14)25-8-3-6-20(12-25)7-9-26(13-20)19(27)15-4-1-2-5-16(15)22/h1-2,4-5,10-11H,3,6-9,12-13H2. The molecule has 0 N–H and O–H groups in total. The maximum atomic E-state index is 12.9. The van der Waals surface area contributed by atoms with Crippen LogP contribution in [0.1, 0.15) is 29.6 Å². The fraction of sp³-hybridized carbons (Fsp3) is 0.400. The summed E-state index contributed by atoms with van der Waals surface area (Å²) >= 11 is 16.1. The van der Waals surface area contributed by atoms with Crippen LogP contribution in [0.25, 0.3) is 0 Å². The summed E-state index contributed by atoms with van der Waals surface area (Å²) in [6.07, 6.45) is 4.96. The van der Waals surface area contributed by atoms with Gasteiger partial charge in [0.2, 0.25) is 0 Å². The molecule has 2 aliphatic rings. The highest BCUT2D eigenvalue weighted by Gasteiger charge is 2.43. The smallest absolute Gasteiger partial charge is 0.255 e. The number of benzene rings is 1. The van der Waals surface area contributed by atoms with Gasteiger partial charge in [-0.3, -0.25) is 4.79 Å². The third kappa shape index (κ3) is 3.82. The van der Waals surface area contributed by atoms with Gasteiger partial charge in [-0.25, -0.2) is 4.98 Å².